The van der Waals surface area contributed by atoms with Crippen molar-refractivity contribution in [2.24, 2.45) is 0 Å². The Morgan fingerprint density at radius 2 is 1.89 bits per heavy atom. The van der Waals surface area contributed by atoms with Gasteiger partial charge < -0.3 is 14.4 Å². The van der Waals surface area contributed by atoms with Gasteiger partial charge in [-0.2, -0.15) is 0 Å². The van der Waals surface area contributed by atoms with Crippen LogP contribution in [0.5, 0.6) is 0 Å². The minimum absolute atomic E-state index is 0.0984. The van der Waals surface area contributed by atoms with E-state index in [1.165, 1.54) is 23.3 Å². The topological polar surface area (TPSA) is 70.8 Å². The average Bonchev–Trinajstić information content (AvgIpc) is 3.26. The zero-order valence-electron chi connectivity index (χ0n) is 14.3. The number of aliphatic hydroxyl groups is 1. The van der Waals surface area contributed by atoms with Gasteiger partial charge in [0.1, 0.15) is 0 Å². The number of fused-ring (bicyclic) bond motifs is 1. The molecule has 1 aliphatic heterocycles. The standard InChI is InChI=1S/C21H16ClNO4/c22-15-8-9-17-16(11-15)21(26,12-18(24)19-7-4-10-27-19)20(25)23(17)13-14-5-2-1-3-6-14/h1-11,26H,12-13H2/t21-/m1/s1. The molecular weight excluding hydrogens is 366 g/mol. The summed E-state index contributed by atoms with van der Waals surface area (Å²) in [5.41, 5.74) is -0.203. The number of carbonyl (C=O) groups excluding carboxylic acids is 2. The van der Waals surface area contributed by atoms with Gasteiger partial charge in [-0.05, 0) is 35.9 Å². The number of hydrogen-bond donors (Lipinski definition) is 1. The molecule has 0 spiro atoms. The summed E-state index contributed by atoms with van der Waals surface area (Å²) >= 11 is 6.10. The lowest BCUT2D eigenvalue weighted by molar-refractivity contribution is -0.136. The minimum atomic E-state index is -1.99. The number of Topliss-reactive ketones (excluding diaryl/α,β-unsaturated/α-hetero) is 1. The highest BCUT2D eigenvalue weighted by Crippen LogP contribution is 2.44. The fourth-order valence-electron chi connectivity index (χ4n) is 3.37. The van der Waals surface area contributed by atoms with Crippen LogP contribution in [0, 0.1) is 0 Å². The zero-order chi connectivity index (χ0) is 19.0. The Bertz CT molecular complexity index is 1000. The molecule has 0 fully saturated rings. The highest BCUT2D eigenvalue weighted by Gasteiger charge is 2.51. The van der Waals surface area contributed by atoms with Crippen molar-refractivity contribution >= 4 is 29.0 Å². The molecule has 27 heavy (non-hydrogen) atoms. The second-order valence-corrected chi connectivity index (χ2v) is 6.91. The van der Waals surface area contributed by atoms with E-state index in [2.05, 4.69) is 0 Å². The second kappa shape index (κ2) is 6.68. The molecule has 2 aromatic carbocycles. The first kappa shape index (κ1) is 17.5. The number of ketones is 1. The normalized spacial score (nSPS) is 18.6. The number of nitrogens with zero attached hydrogens (tertiary/aromatic N) is 1. The first-order valence-corrected chi connectivity index (χ1v) is 8.82. The predicted octanol–water partition coefficient (Wildman–Crippen LogP) is 3.94. The number of halogens is 1. The maximum Gasteiger partial charge on any atom is 0.264 e. The number of furan rings is 1. The molecule has 2 heterocycles. The third kappa shape index (κ3) is 3.05. The van der Waals surface area contributed by atoms with Crippen LogP contribution in [-0.2, 0) is 16.9 Å². The van der Waals surface area contributed by atoms with Crippen LogP contribution in [0.4, 0.5) is 5.69 Å². The molecule has 1 aromatic heterocycles. The Morgan fingerprint density at radius 3 is 2.59 bits per heavy atom. The number of amides is 1. The van der Waals surface area contributed by atoms with Gasteiger partial charge in [-0.15, -0.1) is 0 Å². The second-order valence-electron chi connectivity index (χ2n) is 6.48. The maximum atomic E-state index is 13.2. The Hall–Kier alpha value is -2.89. The molecule has 0 unspecified atom stereocenters. The molecule has 1 N–H and O–H groups in total. The highest BCUT2D eigenvalue weighted by molar-refractivity contribution is 6.31. The monoisotopic (exact) mass is 381 g/mol. The molecule has 4 rings (SSSR count). The van der Waals surface area contributed by atoms with Crippen LogP contribution >= 0.6 is 11.6 Å². The molecule has 1 amide bonds. The summed E-state index contributed by atoms with van der Waals surface area (Å²) in [6.07, 6.45) is 0.957. The maximum absolute atomic E-state index is 13.2. The van der Waals surface area contributed by atoms with E-state index in [1.807, 2.05) is 30.3 Å². The molecular formula is C21H16ClNO4. The summed E-state index contributed by atoms with van der Waals surface area (Å²) in [5.74, 6) is -0.909. The summed E-state index contributed by atoms with van der Waals surface area (Å²) in [5, 5.41) is 11.6. The molecule has 136 valence electrons. The number of benzene rings is 2. The summed E-state index contributed by atoms with van der Waals surface area (Å²) in [6.45, 7) is 0.283. The molecule has 0 aliphatic carbocycles. The van der Waals surface area contributed by atoms with Crippen molar-refractivity contribution < 1.29 is 19.1 Å². The van der Waals surface area contributed by atoms with E-state index in [1.54, 1.807) is 18.2 Å². The summed E-state index contributed by atoms with van der Waals surface area (Å²) < 4.78 is 5.11. The average molecular weight is 382 g/mol. The Balaban J connectivity index is 1.73. The third-order valence-corrected chi connectivity index (χ3v) is 4.92. The summed E-state index contributed by atoms with van der Waals surface area (Å²) in [6, 6.07) is 17.4. The zero-order valence-corrected chi connectivity index (χ0v) is 15.0. The van der Waals surface area contributed by atoms with Gasteiger partial charge in [-0.3, -0.25) is 9.59 Å². The van der Waals surface area contributed by atoms with Crippen LogP contribution in [-0.4, -0.2) is 16.8 Å². The molecule has 0 radical (unpaired) electrons. The fourth-order valence-corrected chi connectivity index (χ4v) is 3.55. The van der Waals surface area contributed by atoms with Gasteiger partial charge >= 0.3 is 0 Å². The molecule has 0 saturated carbocycles. The highest BCUT2D eigenvalue weighted by atomic mass is 35.5. The lowest BCUT2D eigenvalue weighted by Gasteiger charge is -2.22. The van der Waals surface area contributed by atoms with Crippen molar-refractivity contribution in [1.29, 1.82) is 0 Å². The van der Waals surface area contributed by atoms with Crippen molar-refractivity contribution in [3.63, 3.8) is 0 Å². The lowest BCUT2D eigenvalue weighted by Crippen LogP contribution is -2.41. The van der Waals surface area contributed by atoms with Crippen LogP contribution < -0.4 is 4.90 Å². The van der Waals surface area contributed by atoms with Crippen LogP contribution in [0.2, 0.25) is 5.02 Å². The number of rotatable bonds is 5. The molecule has 0 saturated heterocycles. The first-order valence-electron chi connectivity index (χ1n) is 8.44. The van der Waals surface area contributed by atoms with E-state index >= 15 is 0 Å². The van der Waals surface area contributed by atoms with E-state index in [-0.39, 0.29) is 12.3 Å². The smallest absolute Gasteiger partial charge is 0.264 e. The minimum Gasteiger partial charge on any atom is -0.461 e. The lowest BCUT2D eigenvalue weighted by atomic mass is 9.89. The van der Waals surface area contributed by atoms with Gasteiger partial charge in [0.05, 0.1) is 24.9 Å². The van der Waals surface area contributed by atoms with Gasteiger partial charge in [-0.25, -0.2) is 0 Å². The SMILES string of the molecule is O=C(C[C@]1(O)C(=O)N(Cc2ccccc2)c2ccc(Cl)cc21)c1ccco1. The Labute approximate surface area is 160 Å². The molecule has 1 aliphatic rings. The molecule has 3 aromatic rings. The summed E-state index contributed by atoms with van der Waals surface area (Å²) in [4.78, 5) is 27.2. The van der Waals surface area contributed by atoms with Crippen molar-refractivity contribution in [1.82, 2.24) is 0 Å². The summed E-state index contributed by atoms with van der Waals surface area (Å²) in [7, 11) is 0. The van der Waals surface area contributed by atoms with Crippen molar-refractivity contribution in [3.05, 3.63) is 88.8 Å². The van der Waals surface area contributed by atoms with Crippen molar-refractivity contribution in [2.75, 3.05) is 4.90 Å². The fraction of sp³-hybridized carbons (Fsp3) is 0.143. The number of anilines is 1. The van der Waals surface area contributed by atoms with E-state index in [0.29, 0.717) is 16.3 Å². The van der Waals surface area contributed by atoms with Crippen LogP contribution in [0.25, 0.3) is 0 Å². The first-order chi connectivity index (χ1) is 13.0. The largest absolute Gasteiger partial charge is 0.461 e. The molecule has 1 atom stereocenters. The van der Waals surface area contributed by atoms with Crippen LogP contribution in [0.3, 0.4) is 0 Å². The molecule has 0 bridgehead atoms. The molecule has 6 heteroatoms. The van der Waals surface area contributed by atoms with Crippen molar-refractivity contribution in [2.45, 2.75) is 18.6 Å². The number of hydrogen-bond acceptors (Lipinski definition) is 4. The van der Waals surface area contributed by atoms with Crippen LogP contribution in [0.15, 0.2) is 71.3 Å². The van der Waals surface area contributed by atoms with Gasteiger partial charge in [0.25, 0.3) is 5.91 Å². The van der Waals surface area contributed by atoms with E-state index in [4.69, 9.17) is 16.0 Å². The Kier molecular flexibility index (Phi) is 4.34. The number of carbonyl (C=O) groups is 2. The van der Waals surface area contributed by atoms with Crippen molar-refractivity contribution in [3.8, 4) is 0 Å². The van der Waals surface area contributed by atoms with Gasteiger partial charge in [-0.1, -0.05) is 41.9 Å². The predicted molar refractivity (Wildman–Crippen MR) is 101 cm³/mol. The quantitative estimate of drug-likeness (QED) is 0.679. The van der Waals surface area contributed by atoms with Gasteiger partial charge in [0.2, 0.25) is 5.78 Å². The third-order valence-electron chi connectivity index (χ3n) is 4.69. The van der Waals surface area contributed by atoms with Gasteiger partial charge in [0.15, 0.2) is 11.4 Å². The molecule has 5 nitrogen and oxygen atoms in total. The van der Waals surface area contributed by atoms with E-state index in [9.17, 15) is 14.7 Å². The van der Waals surface area contributed by atoms with E-state index in [0.717, 1.165) is 5.56 Å². The Morgan fingerprint density at radius 1 is 1.11 bits per heavy atom. The van der Waals surface area contributed by atoms with Gasteiger partial charge in [0, 0.05) is 10.6 Å². The van der Waals surface area contributed by atoms with Crippen LogP contribution in [0.1, 0.15) is 28.1 Å². The van der Waals surface area contributed by atoms with E-state index < -0.39 is 23.7 Å².